The second-order valence-corrected chi connectivity index (χ2v) is 4.80. The molecule has 1 fully saturated rings. The summed E-state index contributed by atoms with van der Waals surface area (Å²) < 4.78 is 11.2. The van der Waals surface area contributed by atoms with Crippen LogP contribution < -0.4 is 10.5 Å². The van der Waals surface area contributed by atoms with Crippen molar-refractivity contribution in [3.05, 3.63) is 23.9 Å². The largest absolute Gasteiger partial charge is 0.481 e. The molecule has 1 aromatic heterocycles. The normalized spacial score (nSPS) is 23.9. The summed E-state index contributed by atoms with van der Waals surface area (Å²) in [5.74, 6) is 1.15. The molecule has 0 bridgehead atoms. The number of nitrogens with two attached hydrogens (primary N) is 1. The molecule has 100 valence electrons. The molecule has 4 nitrogen and oxygen atoms in total. The third kappa shape index (κ3) is 3.21. The van der Waals surface area contributed by atoms with Crippen LogP contribution in [0.15, 0.2) is 18.3 Å². The topological polar surface area (TPSA) is 57.4 Å². The summed E-state index contributed by atoms with van der Waals surface area (Å²) in [7, 11) is 1.63. The maximum atomic E-state index is 6.02. The van der Waals surface area contributed by atoms with Crippen molar-refractivity contribution in [1.82, 2.24) is 4.98 Å². The zero-order chi connectivity index (χ0) is 12.8. The number of hydrogen-bond donors (Lipinski definition) is 1. The van der Waals surface area contributed by atoms with Crippen molar-refractivity contribution < 1.29 is 9.47 Å². The van der Waals surface area contributed by atoms with E-state index in [2.05, 4.69) is 4.98 Å². The highest BCUT2D eigenvalue weighted by Gasteiger charge is 2.24. The molecule has 0 saturated heterocycles. The van der Waals surface area contributed by atoms with E-state index in [9.17, 15) is 0 Å². The highest BCUT2D eigenvalue weighted by Crippen LogP contribution is 2.27. The number of pyridine rings is 1. The van der Waals surface area contributed by atoms with Gasteiger partial charge in [-0.2, -0.15) is 0 Å². The molecule has 1 heterocycles. The zero-order valence-electron chi connectivity index (χ0n) is 11.0. The molecule has 2 N–H and O–H groups in total. The maximum Gasteiger partial charge on any atom is 0.218 e. The van der Waals surface area contributed by atoms with E-state index >= 15 is 0 Å². The third-order valence-electron chi connectivity index (χ3n) is 3.64. The summed E-state index contributed by atoms with van der Waals surface area (Å²) in [6.45, 7) is 1.27. The van der Waals surface area contributed by atoms with Crippen molar-refractivity contribution in [1.29, 1.82) is 0 Å². The lowest BCUT2D eigenvalue weighted by molar-refractivity contribution is -0.0190. The fourth-order valence-corrected chi connectivity index (χ4v) is 2.58. The SMILES string of the molecule is COc1ncccc1COC1CCCCC1CN. The summed E-state index contributed by atoms with van der Waals surface area (Å²) in [5.41, 5.74) is 6.80. The Hall–Kier alpha value is -1.13. The minimum Gasteiger partial charge on any atom is -0.481 e. The number of aromatic nitrogens is 1. The molecule has 4 heteroatoms. The van der Waals surface area contributed by atoms with Gasteiger partial charge in [-0.3, -0.25) is 0 Å². The van der Waals surface area contributed by atoms with Crippen LogP contribution in [0.3, 0.4) is 0 Å². The minimum atomic E-state index is 0.286. The zero-order valence-corrected chi connectivity index (χ0v) is 11.0. The molecule has 2 unspecified atom stereocenters. The van der Waals surface area contributed by atoms with E-state index in [0.717, 1.165) is 18.5 Å². The van der Waals surface area contributed by atoms with Gasteiger partial charge in [0.2, 0.25) is 5.88 Å². The lowest BCUT2D eigenvalue weighted by Crippen LogP contribution is -2.33. The summed E-state index contributed by atoms with van der Waals surface area (Å²) in [6, 6.07) is 3.90. The van der Waals surface area contributed by atoms with Crippen LogP contribution in [0, 0.1) is 5.92 Å². The maximum absolute atomic E-state index is 6.02. The molecule has 1 aliphatic carbocycles. The van der Waals surface area contributed by atoms with Crippen LogP contribution in [0.2, 0.25) is 0 Å². The molecule has 0 aliphatic heterocycles. The van der Waals surface area contributed by atoms with Gasteiger partial charge in [0.1, 0.15) is 0 Å². The van der Waals surface area contributed by atoms with E-state index in [4.69, 9.17) is 15.2 Å². The van der Waals surface area contributed by atoms with Gasteiger partial charge in [0.25, 0.3) is 0 Å². The Morgan fingerprint density at radius 3 is 3.00 bits per heavy atom. The molecule has 0 aromatic carbocycles. The van der Waals surface area contributed by atoms with E-state index < -0.39 is 0 Å². The predicted molar refractivity (Wildman–Crippen MR) is 70.4 cm³/mol. The van der Waals surface area contributed by atoms with Gasteiger partial charge in [-0.25, -0.2) is 4.98 Å². The highest BCUT2D eigenvalue weighted by molar-refractivity contribution is 5.24. The summed E-state index contributed by atoms with van der Waals surface area (Å²) in [5, 5.41) is 0. The van der Waals surface area contributed by atoms with Gasteiger partial charge in [0.05, 0.1) is 19.8 Å². The number of methoxy groups -OCH3 is 1. The van der Waals surface area contributed by atoms with Crippen molar-refractivity contribution in [3.63, 3.8) is 0 Å². The third-order valence-corrected chi connectivity index (χ3v) is 3.64. The van der Waals surface area contributed by atoms with E-state index in [-0.39, 0.29) is 6.10 Å². The average Bonchev–Trinajstić information content (AvgIpc) is 2.45. The van der Waals surface area contributed by atoms with Gasteiger partial charge in [-0.1, -0.05) is 12.8 Å². The standard InChI is InChI=1S/C14H22N2O2/c1-17-14-12(6-4-8-16-14)10-18-13-7-3-2-5-11(13)9-15/h4,6,8,11,13H,2-3,5,7,9-10,15H2,1H3. The molecule has 0 radical (unpaired) electrons. The fraction of sp³-hybridized carbons (Fsp3) is 0.643. The van der Waals surface area contributed by atoms with Crippen LogP contribution in [-0.4, -0.2) is 24.7 Å². The van der Waals surface area contributed by atoms with Crippen molar-refractivity contribution >= 4 is 0 Å². The molecule has 18 heavy (non-hydrogen) atoms. The molecular weight excluding hydrogens is 228 g/mol. The second kappa shape index (κ2) is 6.71. The monoisotopic (exact) mass is 250 g/mol. The van der Waals surface area contributed by atoms with Crippen molar-refractivity contribution in [3.8, 4) is 5.88 Å². The Labute approximate surface area is 108 Å². The number of hydrogen-bond acceptors (Lipinski definition) is 4. The quantitative estimate of drug-likeness (QED) is 0.869. The van der Waals surface area contributed by atoms with Crippen molar-refractivity contribution in [2.45, 2.75) is 38.4 Å². The second-order valence-electron chi connectivity index (χ2n) is 4.80. The van der Waals surface area contributed by atoms with Crippen LogP contribution in [0.5, 0.6) is 5.88 Å². The van der Waals surface area contributed by atoms with Crippen LogP contribution in [0.25, 0.3) is 0 Å². The Balaban J connectivity index is 1.93. The Kier molecular flexibility index (Phi) is 4.96. The van der Waals surface area contributed by atoms with Gasteiger partial charge in [0.15, 0.2) is 0 Å². The Morgan fingerprint density at radius 2 is 2.22 bits per heavy atom. The smallest absolute Gasteiger partial charge is 0.218 e. The Morgan fingerprint density at radius 1 is 1.39 bits per heavy atom. The van der Waals surface area contributed by atoms with E-state index in [1.54, 1.807) is 13.3 Å². The van der Waals surface area contributed by atoms with Gasteiger partial charge in [0, 0.05) is 11.8 Å². The first-order valence-corrected chi connectivity index (χ1v) is 6.64. The van der Waals surface area contributed by atoms with Crippen molar-refractivity contribution in [2.75, 3.05) is 13.7 Å². The molecule has 2 rings (SSSR count). The average molecular weight is 250 g/mol. The highest BCUT2D eigenvalue weighted by atomic mass is 16.5. The number of rotatable bonds is 5. The number of nitrogens with zero attached hydrogens (tertiary/aromatic N) is 1. The van der Waals surface area contributed by atoms with Gasteiger partial charge < -0.3 is 15.2 Å². The first kappa shape index (κ1) is 13.3. The summed E-state index contributed by atoms with van der Waals surface area (Å²) >= 11 is 0. The van der Waals surface area contributed by atoms with Gasteiger partial charge in [-0.15, -0.1) is 0 Å². The van der Waals surface area contributed by atoms with Crippen LogP contribution in [0.1, 0.15) is 31.2 Å². The molecule has 1 saturated carbocycles. The molecule has 1 aromatic rings. The van der Waals surface area contributed by atoms with Crippen LogP contribution in [-0.2, 0) is 11.3 Å². The predicted octanol–water partition coefficient (Wildman–Crippen LogP) is 2.12. The number of ether oxygens (including phenoxy) is 2. The first-order valence-electron chi connectivity index (χ1n) is 6.64. The first-order chi connectivity index (χ1) is 8.85. The molecule has 0 spiro atoms. The van der Waals surface area contributed by atoms with Gasteiger partial charge >= 0.3 is 0 Å². The lowest BCUT2D eigenvalue weighted by atomic mass is 9.86. The molecular formula is C14H22N2O2. The fourth-order valence-electron chi connectivity index (χ4n) is 2.58. The van der Waals surface area contributed by atoms with E-state index in [1.165, 1.54) is 19.3 Å². The summed E-state index contributed by atoms with van der Waals surface area (Å²) in [4.78, 5) is 4.17. The lowest BCUT2D eigenvalue weighted by Gasteiger charge is -2.30. The van der Waals surface area contributed by atoms with Gasteiger partial charge in [-0.05, 0) is 37.4 Å². The Bertz CT molecular complexity index is 371. The van der Waals surface area contributed by atoms with Crippen LogP contribution in [0.4, 0.5) is 0 Å². The van der Waals surface area contributed by atoms with Crippen LogP contribution >= 0.6 is 0 Å². The minimum absolute atomic E-state index is 0.286. The molecule has 2 atom stereocenters. The van der Waals surface area contributed by atoms with E-state index in [1.807, 2.05) is 12.1 Å². The summed E-state index contributed by atoms with van der Waals surface area (Å²) in [6.07, 6.45) is 6.83. The van der Waals surface area contributed by atoms with E-state index in [0.29, 0.717) is 18.4 Å². The molecule has 1 aliphatic rings. The molecule has 0 amide bonds. The van der Waals surface area contributed by atoms with Crippen molar-refractivity contribution in [2.24, 2.45) is 11.7 Å².